The Bertz CT molecular complexity index is 988. The Morgan fingerprint density at radius 2 is 1.48 bits per heavy atom. The number of hydrogen-bond acceptors (Lipinski definition) is 5. The van der Waals surface area contributed by atoms with Crippen LogP contribution in [-0.4, -0.2) is 24.9 Å². The normalized spacial score (nSPS) is 27.3. The highest BCUT2D eigenvalue weighted by Gasteiger charge is 2.61. The molecule has 148 valence electrons. The van der Waals surface area contributed by atoms with Gasteiger partial charge in [-0.15, -0.1) is 0 Å². The second-order valence-corrected chi connectivity index (χ2v) is 7.95. The summed E-state index contributed by atoms with van der Waals surface area (Å²) in [6.07, 6.45) is 3.01. The summed E-state index contributed by atoms with van der Waals surface area (Å²) in [5.41, 5.74) is 0.610. The zero-order valence-corrected chi connectivity index (χ0v) is 16.0. The van der Waals surface area contributed by atoms with Gasteiger partial charge < -0.3 is 9.47 Å². The first-order valence-corrected chi connectivity index (χ1v) is 9.92. The van der Waals surface area contributed by atoms with Crippen molar-refractivity contribution in [3.05, 3.63) is 54.1 Å². The zero-order valence-electron chi connectivity index (χ0n) is 16.0. The summed E-state index contributed by atoms with van der Waals surface area (Å²) in [6.45, 7) is 0. The molecule has 0 spiro atoms. The predicted molar refractivity (Wildman–Crippen MR) is 105 cm³/mol. The monoisotopic (exact) mass is 391 g/mol. The smallest absolute Gasteiger partial charge is 0.347 e. The Morgan fingerprint density at radius 3 is 2.14 bits per heavy atom. The number of rotatable bonds is 4. The quantitative estimate of drug-likeness (QED) is 0.453. The Balaban J connectivity index is 1.47. The second-order valence-electron chi connectivity index (χ2n) is 7.95. The van der Waals surface area contributed by atoms with Crippen LogP contribution in [0.25, 0.3) is 0 Å². The number of ether oxygens (including phenoxy) is 2. The van der Waals surface area contributed by atoms with Crippen LogP contribution in [0.1, 0.15) is 29.6 Å². The fourth-order valence-electron chi connectivity index (χ4n) is 5.34. The third-order valence-electron chi connectivity index (χ3n) is 6.56. The Labute approximate surface area is 168 Å². The Kier molecular flexibility index (Phi) is 4.15. The van der Waals surface area contributed by atoms with Crippen LogP contribution >= 0.6 is 0 Å². The zero-order chi connectivity index (χ0) is 20.1. The maximum absolute atomic E-state index is 13.1. The lowest BCUT2D eigenvalue weighted by Gasteiger charge is -2.20. The van der Waals surface area contributed by atoms with E-state index >= 15 is 0 Å². The second kappa shape index (κ2) is 6.72. The summed E-state index contributed by atoms with van der Waals surface area (Å²) < 4.78 is 10.8. The molecule has 4 atom stereocenters. The molecule has 2 amide bonds. The number of para-hydroxylation sites is 3. The van der Waals surface area contributed by atoms with Crippen molar-refractivity contribution in [2.75, 3.05) is 12.0 Å². The summed E-state index contributed by atoms with van der Waals surface area (Å²) >= 11 is 0. The van der Waals surface area contributed by atoms with Gasteiger partial charge in [0.25, 0.3) is 0 Å². The van der Waals surface area contributed by atoms with E-state index in [0.29, 0.717) is 23.3 Å². The number of benzene rings is 2. The molecular formula is C23H21NO5. The van der Waals surface area contributed by atoms with Gasteiger partial charge in [-0.25, -0.2) is 9.69 Å². The molecule has 3 fully saturated rings. The van der Waals surface area contributed by atoms with Crippen molar-refractivity contribution in [3.8, 4) is 11.5 Å². The molecule has 2 aliphatic carbocycles. The highest BCUT2D eigenvalue weighted by atomic mass is 16.5. The van der Waals surface area contributed by atoms with Crippen LogP contribution in [0, 0.1) is 23.7 Å². The Hall–Kier alpha value is -3.15. The van der Waals surface area contributed by atoms with Crippen LogP contribution in [0.3, 0.4) is 0 Å². The molecule has 1 saturated heterocycles. The fourth-order valence-corrected chi connectivity index (χ4v) is 5.34. The first-order chi connectivity index (χ1) is 14.1. The summed E-state index contributed by atoms with van der Waals surface area (Å²) in [5.74, 6) is -0.176. The molecule has 6 nitrogen and oxygen atoms in total. The maximum atomic E-state index is 13.1. The van der Waals surface area contributed by atoms with Gasteiger partial charge in [-0.3, -0.25) is 9.59 Å². The Morgan fingerprint density at radius 1 is 0.897 bits per heavy atom. The van der Waals surface area contributed by atoms with E-state index in [9.17, 15) is 14.4 Å². The lowest BCUT2D eigenvalue weighted by molar-refractivity contribution is -0.123. The van der Waals surface area contributed by atoms with Crippen molar-refractivity contribution in [1.82, 2.24) is 0 Å². The molecule has 0 N–H and O–H groups in total. The van der Waals surface area contributed by atoms with Crippen molar-refractivity contribution in [2.45, 2.75) is 19.3 Å². The minimum absolute atomic E-state index is 0.159. The average molecular weight is 391 g/mol. The van der Waals surface area contributed by atoms with Gasteiger partial charge in [0.2, 0.25) is 11.8 Å². The van der Waals surface area contributed by atoms with Crippen molar-refractivity contribution < 1.29 is 23.9 Å². The molecule has 2 saturated carbocycles. The van der Waals surface area contributed by atoms with Crippen LogP contribution in [0.5, 0.6) is 11.5 Å². The number of anilines is 1. The van der Waals surface area contributed by atoms with E-state index in [4.69, 9.17) is 9.47 Å². The molecule has 0 aromatic heterocycles. The third-order valence-corrected chi connectivity index (χ3v) is 6.56. The van der Waals surface area contributed by atoms with Crippen LogP contribution in [-0.2, 0) is 9.59 Å². The van der Waals surface area contributed by atoms with E-state index in [1.54, 1.807) is 48.5 Å². The number of carbonyl (C=O) groups is 3. The van der Waals surface area contributed by atoms with Gasteiger partial charge in [0.05, 0.1) is 24.6 Å². The van der Waals surface area contributed by atoms with Crippen molar-refractivity contribution >= 4 is 23.5 Å². The molecule has 1 aliphatic heterocycles. The van der Waals surface area contributed by atoms with Crippen LogP contribution in [0.15, 0.2) is 48.5 Å². The molecule has 0 unspecified atom stereocenters. The number of carbonyl (C=O) groups excluding carboxylic acids is 3. The fraction of sp³-hybridized carbons (Fsp3) is 0.348. The van der Waals surface area contributed by atoms with Crippen LogP contribution in [0.2, 0.25) is 0 Å². The number of imide groups is 1. The number of hydrogen-bond donors (Lipinski definition) is 0. The van der Waals surface area contributed by atoms with Gasteiger partial charge >= 0.3 is 5.97 Å². The van der Waals surface area contributed by atoms with E-state index in [1.807, 2.05) is 0 Å². The van der Waals surface area contributed by atoms with E-state index in [1.165, 1.54) is 12.0 Å². The number of nitrogens with zero attached hydrogens (tertiary/aromatic N) is 1. The minimum Gasteiger partial charge on any atom is -0.496 e. The summed E-state index contributed by atoms with van der Waals surface area (Å²) in [4.78, 5) is 40.3. The molecule has 0 radical (unpaired) electrons. The van der Waals surface area contributed by atoms with E-state index in [-0.39, 0.29) is 35.0 Å². The maximum Gasteiger partial charge on any atom is 0.347 e. The molecule has 2 aromatic carbocycles. The number of fused-ring (bicyclic) bond motifs is 5. The molecule has 1 heterocycles. The van der Waals surface area contributed by atoms with E-state index < -0.39 is 5.97 Å². The van der Waals surface area contributed by atoms with Crippen molar-refractivity contribution in [3.63, 3.8) is 0 Å². The summed E-state index contributed by atoms with van der Waals surface area (Å²) in [6, 6.07) is 13.5. The molecule has 2 aromatic rings. The van der Waals surface area contributed by atoms with Gasteiger partial charge in [-0.2, -0.15) is 0 Å². The van der Waals surface area contributed by atoms with Gasteiger partial charge in [-0.1, -0.05) is 24.3 Å². The minimum atomic E-state index is -0.603. The third kappa shape index (κ3) is 2.66. The lowest BCUT2D eigenvalue weighted by atomic mass is 9.81. The topological polar surface area (TPSA) is 72.9 Å². The highest BCUT2D eigenvalue weighted by molar-refractivity contribution is 6.23. The molecule has 3 aliphatic rings. The molecule has 29 heavy (non-hydrogen) atoms. The predicted octanol–water partition coefficient (Wildman–Crippen LogP) is 3.45. The molecule has 6 heteroatoms. The molecular weight excluding hydrogens is 370 g/mol. The van der Waals surface area contributed by atoms with Crippen LogP contribution in [0.4, 0.5) is 5.69 Å². The number of methoxy groups -OCH3 is 1. The van der Waals surface area contributed by atoms with Crippen molar-refractivity contribution in [1.29, 1.82) is 0 Å². The average Bonchev–Trinajstić information content (AvgIpc) is 3.42. The van der Waals surface area contributed by atoms with Gasteiger partial charge in [-0.05, 0) is 55.4 Å². The van der Waals surface area contributed by atoms with E-state index in [0.717, 1.165) is 19.3 Å². The van der Waals surface area contributed by atoms with Gasteiger partial charge in [0.15, 0.2) is 5.75 Å². The van der Waals surface area contributed by atoms with Gasteiger partial charge in [0, 0.05) is 0 Å². The van der Waals surface area contributed by atoms with E-state index in [2.05, 4.69) is 0 Å². The largest absolute Gasteiger partial charge is 0.496 e. The SMILES string of the molecule is COc1ccccc1C(=O)Oc1ccccc1N1C(=O)[C@H]2[C@@H]3CC[C@@H](C3)[C@@H]2C1=O. The molecule has 5 rings (SSSR count). The van der Waals surface area contributed by atoms with Crippen LogP contribution < -0.4 is 14.4 Å². The summed E-state index contributed by atoms with van der Waals surface area (Å²) in [7, 11) is 1.48. The first-order valence-electron chi connectivity index (χ1n) is 9.92. The standard InChI is InChI=1S/C23H21NO5/c1-28-17-8-4-2-6-15(17)23(27)29-18-9-5-3-7-16(18)24-21(25)19-13-10-11-14(12-13)20(19)22(24)26/h2-9,13-14,19-20H,10-12H2,1H3/t13-,14+,19-,20-/m0/s1. The highest BCUT2D eigenvalue weighted by Crippen LogP contribution is 2.57. The first kappa shape index (κ1) is 17.9. The van der Waals surface area contributed by atoms with Gasteiger partial charge in [0.1, 0.15) is 11.3 Å². The number of esters is 1. The number of amides is 2. The van der Waals surface area contributed by atoms with Crippen molar-refractivity contribution in [2.24, 2.45) is 23.7 Å². The summed E-state index contributed by atoms with van der Waals surface area (Å²) in [5, 5.41) is 0. The lowest BCUT2D eigenvalue weighted by Crippen LogP contribution is -2.33. The molecule has 2 bridgehead atoms.